The Morgan fingerprint density at radius 3 is 2.93 bits per heavy atom. The molecule has 0 atom stereocenters. The first-order chi connectivity index (χ1) is 7.24. The Hall–Kier alpha value is -2.10. The topological polar surface area (TPSA) is 59.4 Å². The molecule has 0 spiro atoms. The van der Waals surface area contributed by atoms with Crippen LogP contribution >= 0.6 is 0 Å². The number of aromatic hydroxyl groups is 1. The van der Waals surface area contributed by atoms with Crippen LogP contribution in [-0.2, 0) is 4.74 Å². The van der Waals surface area contributed by atoms with E-state index in [1.54, 1.807) is 24.5 Å². The number of rotatable bonds is 1. The Kier molecular flexibility index (Phi) is 2.25. The van der Waals surface area contributed by atoms with Crippen molar-refractivity contribution in [2.24, 2.45) is 0 Å². The zero-order valence-corrected chi connectivity index (χ0v) is 8.10. The summed E-state index contributed by atoms with van der Waals surface area (Å²) < 4.78 is 4.55. The third-order valence-corrected chi connectivity index (χ3v) is 2.20. The number of ether oxygens (including phenoxy) is 1. The fraction of sp³-hybridized carbons (Fsp3) is 0.0909. The Morgan fingerprint density at radius 1 is 1.40 bits per heavy atom. The summed E-state index contributed by atoms with van der Waals surface area (Å²) in [4.78, 5) is 15.2. The average Bonchev–Trinajstić information content (AvgIpc) is 2.29. The lowest BCUT2D eigenvalue weighted by atomic mass is 10.1. The van der Waals surface area contributed by atoms with Crippen LogP contribution < -0.4 is 0 Å². The van der Waals surface area contributed by atoms with E-state index in [9.17, 15) is 9.90 Å². The van der Waals surface area contributed by atoms with Gasteiger partial charge in [-0.1, -0.05) is 6.07 Å². The minimum Gasteiger partial charge on any atom is -0.506 e. The Morgan fingerprint density at radius 2 is 2.20 bits per heavy atom. The van der Waals surface area contributed by atoms with Crippen LogP contribution in [0.5, 0.6) is 5.75 Å². The number of pyridine rings is 1. The molecule has 1 aromatic carbocycles. The summed E-state index contributed by atoms with van der Waals surface area (Å²) in [5.74, 6) is -0.618. The smallest absolute Gasteiger partial charge is 0.341 e. The van der Waals surface area contributed by atoms with E-state index in [0.717, 1.165) is 5.39 Å². The van der Waals surface area contributed by atoms with Crippen molar-refractivity contribution < 1.29 is 14.6 Å². The van der Waals surface area contributed by atoms with Gasteiger partial charge in [0.25, 0.3) is 0 Å². The second-order valence-corrected chi connectivity index (χ2v) is 3.05. The van der Waals surface area contributed by atoms with Crippen LogP contribution in [0.3, 0.4) is 0 Å². The van der Waals surface area contributed by atoms with Crippen molar-refractivity contribution >= 4 is 16.7 Å². The fourth-order valence-corrected chi connectivity index (χ4v) is 1.43. The lowest BCUT2D eigenvalue weighted by Gasteiger charge is -2.05. The van der Waals surface area contributed by atoms with Crippen LogP contribution in [0.4, 0.5) is 0 Å². The van der Waals surface area contributed by atoms with Crippen molar-refractivity contribution in [2.45, 2.75) is 0 Å². The minimum atomic E-state index is -0.550. The van der Waals surface area contributed by atoms with Crippen LogP contribution in [0.2, 0.25) is 0 Å². The molecule has 0 fully saturated rings. The van der Waals surface area contributed by atoms with E-state index >= 15 is 0 Å². The number of benzene rings is 1. The van der Waals surface area contributed by atoms with E-state index in [0.29, 0.717) is 5.39 Å². The summed E-state index contributed by atoms with van der Waals surface area (Å²) in [6.07, 6.45) is 3.18. The third-order valence-electron chi connectivity index (χ3n) is 2.20. The van der Waals surface area contributed by atoms with Gasteiger partial charge in [-0.25, -0.2) is 4.79 Å². The van der Waals surface area contributed by atoms with E-state index < -0.39 is 5.97 Å². The number of hydrogen-bond donors (Lipinski definition) is 1. The fourth-order valence-electron chi connectivity index (χ4n) is 1.43. The van der Waals surface area contributed by atoms with E-state index in [4.69, 9.17) is 0 Å². The molecular weight excluding hydrogens is 194 g/mol. The summed E-state index contributed by atoms with van der Waals surface area (Å²) >= 11 is 0. The summed E-state index contributed by atoms with van der Waals surface area (Å²) in [5, 5.41) is 11.2. The number of phenols is 1. The molecule has 4 nitrogen and oxygen atoms in total. The maximum atomic E-state index is 11.3. The first kappa shape index (κ1) is 9.45. The van der Waals surface area contributed by atoms with E-state index in [1.807, 2.05) is 0 Å². The molecule has 1 heterocycles. The standard InChI is InChI=1S/C11H9NO3/c1-15-11(14)9-3-2-7-6-12-5-4-8(7)10(9)13/h2-6,13H,1H3. The van der Waals surface area contributed by atoms with Gasteiger partial charge in [-0.05, 0) is 12.1 Å². The highest BCUT2D eigenvalue weighted by Crippen LogP contribution is 2.28. The Balaban J connectivity index is 2.70. The highest BCUT2D eigenvalue weighted by atomic mass is 16.5. The van der Waals surface area contributed by atoms with Gasteiger partial charge in [-0.2, -0.15) is 0 Å². The highest BCUT2D eigenvalue weighted by Gasteiger charge is 2.13. The molecular formula is C11H9NO3. The lowest BCUT2D eigenvalue weighted by Crippen LogP contribution is -2.01. The summed E-state index contributed by atoms with van der Waals surface area (Å²) in [6, 6.07) is 4.89. The molecule has 1 N–H and O–H groups in total. The van der Waals surface area contributed by atoms with Crippen LogP contribution in [0.25, 0.3) is 10.8 Å². The largest absolute Gasteiger partial charge is 0.506 e. The molecule has 2 aromatic rings. The zero-order chi connectivity index (χ0) is 10.8. The van der Waals surface area contributed by atoms with E-state index in [2.05, 4.69) is 9.72 Å². The van der Waals surface area contributed by atoms with Crippen molar-refractivity contribution in [2.75, 3.05) is 7.11 Å². The molecule has 0 aliphatic carbocycles. The molecule has 76 valence electrons. The number of carbonyl (C=O) groups is 1. The highest BCUT2D eigenvalue weighted by molar-refractivity contribution is 6.00. The summed E-state index contributed by atoms with van der Waals surface area (Å²) in [5.41, 5.74) is 0.163. The predicted octanol–water partition coefficient (Wildman–Crippen LogP) is 1.73. The number of methoxy groups -OCH3 is 1. The average molecular weight is 203 g/mol. The van der Waals surface area contributed by atoms with Gasteiger partial charge in [0.15, 0.2) is 0 Å². The van der Waals surface area contributed by atoms with Gasteiger partial charge < -0.3 is 9.84 Å². The minimum absolute atomic E-state index is 0.0678. The van der Waals surface area contributed by atoms with Gasteiger partial charge >= 0.3 is 5.97 Å². The first-order valence-electron chi connectivity index (χ1n) is 4.38. The van der Waals surface area contributed by atoms with E-state index in [-0.39, 0.29) is 11.3 Å². The number of nitrogens with zero attached hydrogens (tertiary/aromatic N) is 1. The van der Waals surface area contributed by atoms with Crippen molar-refractivity contribution in [3.8, 4) is 5.75 Å². The van der Waals surface area contributed by atoms with Crippen LogP contribution in [0.1, 0.15) is 10.4 Å². The molecule has 15 heavy (non-hydrogen) atoms. The quantitative estimate of drug-likeness (QED) is 0.717. The van der Waals surface area contributed by atoms with E-state index in [1.165, 1.54) is 13.2 Å². The van der Waals surface area contributed by atoms with Crippen LogP contribution in [0, 0.1) is 0 Å². The van der Waals surface area contributed by atoms with Gasteiger partial charge in [0.2, 0.25) is 0 Å². The lowest BCUT2D eigenvalue weighted by molar-refractivity contribution is 0.0598. The number of phenolic OH excluding ortho intramolecular Hbond substituents is 1. The molecule has 0 amide bonds. The molecule has 0 aliphatic heterocycles. The number of aromatic nitrogens is 1. The predicted molar refractivity (Wildman–Crippen MR) is 54.7 cm³/mol. The molecule has 0 aliphatic rings. The molecule has 0 bridgehead atoms. The molecule has 0 saturated heterocycles. The number of fused-ring (bicyclic) bond motifs is 1. The van der Waals surface area contributed by atoms with Crippen LogP contribution in [-0.4, -0.2) is 23.2 Å². The molecule has 0 unspecified atom stereocenters. The normalized spacial score (nSPS) is 10.2. The number of carbonyl (C=O) groups excluding carboxylic acids is 1. The first-order valence-corrected chi connectivity index (χ1v) is 4.38. The molecule has 0 radical (unpaired) electrons. The van der Waals surface area contributed by atoms with Gasteiger partial charge in [0, 0.05) is 23.2 Å². The second-order valence-electron chi connectivity index (χ2n) is 3.05. The summed E-state index contributed by atoms with van der Waals surface area (Å²) in [7, 11) is 1.28. The molecule has 1 aromatic heterocycles. The SMILES string of the molecule is COC(=O)c1ccc2cnccc2c1O. The van der Waals surface area contributed by atoms with Gasteiger partial charge in [-0.3, -0.25) is 4.98 Å². The maximum absolute atomic E-state index is 11.3. The van der Waals surface area contributed by atoms with Crippen molar-refractivity contribution in [1.82, 2.24) is 4.98 Å². The number of esters is 1. The van der Waals surface area contributed by atoms with Gasteiger partial charge in [-0.15, -0.1) is 0 Å². The number of hydrogen-bond acceptors (Lipinski definition) is 4. The Labute approximate surface area is 86.1 Å². The second kappa shape index (κ2) is 3.57. The Bertz CT molecular complexity index is 522. The van der Waals surface area contributed by atoms with Gasteiger partial charge in [0.05, 0.1) is 7.11 Å². The third kappa shape index (κ3) is 1.50. The van der Waals surface area contributed by atoms with Crippen molar-refractivity contribution in [1.29, 1.82) is 0 Å². The maximum Gasteiger partial charge on any atom is 0.341 e. The molecule has 2 rings (SSSR count). The summed E-state index contributed by atoms with van der Waals surface area (Å²) in [6.45, 7) is 0. The van der Waals surface area contributed by atoms with Crippen molar-refractivity contribution in [3.05, 3.63) is 36.2 Å². The van der Waals surface area contributed by atoms with Crippen LogP contribution in [0.15, 0.2) is 30.6 Å². The zero-order valence-electron chi connectivity index (χ0n) is 8.10. The molecule has 0 saturated carbocycles. The van der Waals surface area contributed by atoms with Crippen molar-refractivity contribution in [3.63, 3.8) is 0 Å². The van der Waals surface area contributed by atoms with Gasteiger partial charge in [0.1, 0.15) is 11.3 Å². The monoisotopic (exact) mass is 203 g/mol. The molecule has 4 heteroatoms.